The predicted octanol–water partition coefficient (Wildman–Crippen LogP) is 3.01. The molecule has 0 spiro atoms. The topological polar surface area (TPSA) is 81.9 Å². The van der Waals surface area contributed by atoms with Gasteiger partial charge in [0.25, 0.3) is 0 Å². The van der Waals surface area contributed by atoms with Crippen LogP contribution in [-0.2, 0) is 11.2 Å². The molecule has 2 aromatic rings. The molecule has 136 valence electrons. The van der Waals surface area contributed by atoms with Crippen molar-refractivity contribution in [3.05, 3.63) is 52.5 Å². The van der Waals surface area contributed by atoms with Crippen molar-refractivity contribution in [1.29, 1.82) is 5.26 Å². The molecule has 1 aromatic carbocycles. The molecule has 0 aliphatic heterocycles. The van der Waals surface area contributed by atoms with Gasteiger partial charge in [-0.1, -0.05) is 31.5 Å². The molecule has 0 saturated heterocycles. The highest BCUT2D eigenvalue weighted by atomic mass is 16.2. The Bertz CT molecular complexity index is 815. The zero-order valence-corrected chi connectivity index (χ0v) is 16.0. The third-order valence-corrected chi connectivity index (χ3v) is 4.00. The Balaban J connectivity index is 2.20. The molecular formula is C20H25N5O. The first-order valence-electron chi connectivity index (χ1n) is 8.67. The van der Waals surface area contributed by atoms with E-state index in [0.717, 1.165) is 16.7 Å². The first-order chi connectivity index (χ1) is 12.3. The fourth-order valence-electron chi connectivity index (χ4n) is 2.95. The highest BCUT2D eigenvalue weighted by molar-refractivity contribution is 5.80. The molecule has 0 saturated carbocycles. The lowest BCUT2D eigenvalue weighted by molar-refractivity contribution is -0.120. The van der Waals surface area contributed by atoms with Crippen LogP contribution in [0.5, 0.6) is 0 Å². The Labute approximate surface area is 154 Å². The Morgan fingerprint density at radius 3 is 2.50 bits per heavy atom. The van der Waals surface area contributed by atoms with Crippen molar-refractivity contribution < 1.29 is 4.79 Å². The summed E-state index contributed by atoms with van der Waals surface area (Å²) < 4.78 is 0. The maximum Gasteiger partial charge on any atom is 0.242 e. The number of nitrogens with zero attached hydrogens (tertiary/aromatic N) is 4. The SMILES string of the molecule is Cc1cc(C)c(CC(=O)NN(CC(C)C)c2ccnc(C#N)n2)c(C)c1. The highest BCUT2D eigenvalue weighted by Crippen LogP contribution is 2.17. The minimum atomic E-state index is -0.113. The van der Waals surface area contributed by atoms with Gasteiger partial charge in [0, 0.05) is 18.8 Å². The van der Waals surface area contributed by atoms with Crippen LogP contribution < -0.4 is 10.4 Å². The number of nitriles is 1. The quantitative estimate of drug-likeness (QED) is 0.809. The lowest BCUT2D eigenvalue weighted by Gasteiger charge is -2.26. The van der Waals surface area contributed by atoms with Crippen LogP contribution in [-0.4, -0.2) is 22.4 Å². The number of hydrazine groups is 1. The Morgan fingerprint density at radius 2 is 1.92 bits per heavy atom. The second-order valence-corrected chi connectivity index (χ2v) is 6.94. The minimum absolute atomic E-state index is 0.0794. The number of amides is 1. The van der Waals surface area contributed by atoms with Gasteiger partial charge in [-0.3, -0.25) is 15.2 Å². The molecule has 26 heavy (non-hydrogen) atoms. The molecule has 1 N–H and O–H groups in total. The molecule has 6 heteroatoms. The molecule has 0 radical (unpaired) electrons. The number of nitrogens with one attached hydrogen (secondary N) is 1. The van der Waals surface area contributed by atoms with E-state index in [1.807, 2.05) is 19.9 Å². The van der Waals surface area contributed by atoms with Crippen LogP contribution in [0.2, 0.25) is 0 Å². The van der Waals surface area contributed by atoms with Gasteiger partial charge in [-0.25, -0.2) is 4.98 Å². The van der Waals surface area contributed by atoms with Crippen LogP contribution in [0.1, 0.15) is 41.9 Å². The Morgan fingerprint density at radius 1 is 1.27 bits per heavy atom. The van der Waals surface area contributed by atoms with Crippen LogP contribution in [0.15, 0.2) is 24.4 Å². The molecule has 1 heterocycles. The molecule has 0 aliphatic rings. The number of aryl methyl sites for hydroxylation is 3. The Kier molecular flexibility index (Phi) is 6.29. The van der Waals surface area contributed by atoms with Gasteiger partial charge < -0.3 is 0 Å². The molecule has 1 aromatic heterocycles. The van der Waals surface area contributed by atoms with Crippen molar-refractivity contribution >= 4 is 11.7 Å². The molecule has 0 fully saturated rings. The van der Waals surface area contributed by atoms with Gasteiger partial charge in [0.1, 0.15) is 6.07 Å². The summed E-state index contributed by atoms with van der Waals surface area (Å²) in [6, 6.07) is 7.79. The summed E-state index contributed by atoms with van der Waals surface area (Å²) in [7, 11) is 0. The molecule has 1 amide bonds. The lowest BCUT2D eigenvalue weighted by atomic mass is 9.97. The summed E-state index contributed by atoms with van der Waals surface area (Å²) >= 11 is 0. The first-order valence-corrected chi connectivity index (χ1v) is 8.67. The normalized spacial score (nSPS) is 10.5. The van der Waals surface area contributed by atoms with Crippen LogP contribution in [0.3, 0.4) is 0 Å². The van der Waals surface area contributed by atoms with Crippen molar-refractivity contribution in [1.82, 2.24) is 15.4 Å². The number of carbonyl (C=O) groups excluding carboxylic acids is 1. The molecule has 0 aliphatic carbocycles. The molecule has 0 bridgehead atoms. The second-order valence-electron chi connectivity index (χ2n) is 6.94. The summed E-state index contributed by atoms with van der Waals surface area (Å²) in [5.41, 5.74) is 7.38. The summed E-state index contributed by atoms with van der Waals surface area (Å²) in [4.78, 5) is 20.7. The molecule has 6 nitrogen and oxygen atoms in total. The van der Waals surface area contributed by atoms with Gasteiger partial charge in [-0.05, 0) is 43.4 Å². The highest BCUT2D eigenvalue weighted by Gasteiger charge is 2.16. The average molecular weight is 351 g/mol. The monoisotopic (exact) mass is 351 g/mol. The van der Waals surface area contributed by atoms with Crippen LogP contribution in [0, 0.1) is 38.0 Å². The fraction of sp³-hybridized carbons (Fsp3) is 0.400. The smallest absolute Gasteiger partial charge is 0.242 e. The lowest BCUT2D eigenvalue weighted by Crippen LogP contribution is -2.45. The standard InChI is InChI=1S/C20H25N5O/c1-13(2)12-25(19-6-7-22-18(11-21)23-19)24-20(26)10-17-15(4)8-14(3)9-16(17)5/h6-9,13H,10,12H2,1-5H3,(H,24,26). The largest absolute Gasteiger partial charge is 0.273 e. The summed E-state index contributed by atoms with van der Waals surface area (Å²) in [6.45, 7) is 10.8. The third kappa shape index (κ3) is 5.03. The van der Waals surface area contributed by atoms with E-state index in [0.29, 0.717) is 24.7 Å². The number of hydrogen-bond donors (Lipinski definition) is 1. The zero-order valence-electron chi connectivity index (χ0n) is 16.0. The van der Waals surface area contributed by atoms with E-state index in [2.05, 4.69) is 48.3 Å². The number of rotatable bonds is 6. The van der Waals surface area contributed by atoms with Crippen molar-refractivity contribution in [3.63, 3.8) is 0 Å². The zero-order chi connectivity index (χ0) is 19.3. The number of benzene rings is 1. The van der Waals surface area contributed by atoms with E-state index < -0.39 is 0 Å². The van der Waals surface area contributed by atoms with E-state index in [1.165, 1.54) is 11.8 Å². The van der Waals surface area contributed by atoms with Crippen molar-refractivity contribution in [3.8, 4) is 6.07 Å². The third-order valence-electron chi connectivity index (χ3n) is 4.00. The predicted molar refractivity (Wildman–Crippen MR) is 101 cm³/mol. The molecule has 0 atom stereocenters. The van der Waals surface area contributed by atoms with Crippen LogP contribution in [0.4, 0.5) is 5.82 Å². The van der Waals surface area contributed by atoms with E-state index in [4.69, 9.17) is 5.26 Å². The van der Waals surface area contributed by atoms with E-state index in [1.54, 1.807) is 11.1 Å². The van der Waals surface area contributed by atoms with Gasteiger partial charge in [0.2, 0.25) is 11.7 Å². The summed E-state index contributed by atoms with van der Waals surface area (Å²) in [5.74, 6) is 0.781. The Hall–Kier alpha value is -2.94. The number of carbonyl (C=O) groups is 1. The van der Waals surface area contributed by atoms with Crippen molar-refractivity contribution in [2.24, 2.45) is 5.92 Å². The van der Waals surface area contributed by atoms with Gasteiger partial charge in [-0.2, -0.15) is 10.2 Å². The van der Waals surface area contributed by atoms with Gasteiger partial charge >= 0.3 is 0 Å². The maximum absolute atomic E-state index is 12.7. The number of hydrogen-bond acceptors (Lipinski definition) is 5. The van der Waals surface area contributed by atoms with E-state index >= 15 is 0 Å². The van der Waals surface area contributed by atoms with E-state index in [9.17, 15) is 4.79 Å². The summed E-state index contributed by atoms with van der Waals surface area (Å²) in [6.07, 6.45) is 1.82. The molecule has 2 rings (SSSR count). The molecule has 0 unspecified atom stereocenters. The minimum Gasteiger partial charge on any atom is -0.273 e. The average Bonchev–Trinajstić information content (AvgIpc) is 2.57. The van der Waals surface area contributed by atoms with Gasteiger partial charge in [0.05, 0.1) is 6.42 Å². The van der Waals surface area contributed by atoms with Gasteiger partial charge in [-0.15, -0.1) is 0 Å². The van der Waals surface area contributed by atoms with Crippen LogP contribution >= 0.6 is 0 Å². The maximum atomic E-state index is 12.7. The number of aromatic nitrogens is 2. The molecular weight excluding hydrogens is 326 g/mol. The fourth-order valence-corrected chi connectivity index (χ4v) is 2.95. The van der Waals surface area contributed by atoms with Crippen molar-refractivity contribution in [2.45, 2.75) is 41.0 Å². The van der Waals surface area contributed by atoms with Crippen molar-refractivity contribution in [2.75, 3.05) is 11.6 Å². The first kappa shape index (κ1) is 19.4. The van der Waals surface area contributed by atoms with E-state index in [-0.39, 0.29) is 11.7 Å². The second kappa shape index (κ2) is 8.43. The number of anilines is 1. The summed E-state index contributed by atoms with van der Waals surface area (Å²) in [5, 5.41) is 10.7. The van der Waals surface area contributed by atoms with Gasteiger partial charge in [0.15, 0.2) is 5.82 Å². The van der Waals surface area contributed by atoms with Crippen LogP contribution in [0.25, 0.3) is 0 Å².